The lowest BCUT2D eigenvalue weighted by atomic mass is 10.2. The van der Waals surface area contributed by atoms with Crippen LogP contribution in [-0.2, 0) is 0 Å². The quantitative estimate of drug-likeness (QED) is 0.748. The SMILES string of the molecule is Fc1cccc(Nc2ncnc3cnccc23)c1. The number of halogens is 1. The molecule has 0 aliphatic rings. The number of benzene rings is 1. The van der Waals surface area contributed by atoms with Gasteiger partial charge < -0.3 is 5.32 Å². The number of fused-ring (bicyclic) bond motifs is 1. The summed E-state index contributed by atoms with van der Waals surface area (Å²) in [6.45, 7) is 0. The second kappa shape index (κ2) is 4.37. The first-order valence-electron chi connectivity index (χ1n) is 5.40. The van der Waals surface area contributed by atoms with Gasteiger partial charge in [0.25, 0.3) is 0 Å². The van der Waals surface area contributed by atoms with E-state index in [9.17, 15) is 4.39 Å². The molecule has 0 aliphatic heterocycles. The molecule has 2 heterocycles. The summed E-state index contributed by atoms with van der Waals surface area (Å²) in [5, 5.41) is 3.91. The largest absolute Gasteiger partial charge is 0.340 e. The highest BCUT2D eigenvalue weighted by atomic mass is 19.1. The van der Waals surface area contributed by atoms with Gasteiger partial charge in [0.15, 0.2) is 0 Å². The van der Waals surface area contributed by atoms with Crippen LogP contribution in [0.2, 0.25) is 0 Å². The van der Waals surface area contributed by atoms with Crippen LogP contribution in [0.5, 0.6) is 0 Å². The Morgan fingerprint density at radius 2 is 2.06 bits per heavy atom. The van der Waals surface area contributed by atoms with E-state index < -0.39 is 0 Å². The molecule has 3 aromatic rings. The predicted octanol–water partition coefficient (Wildman–Crippen LogP) is 2.91. The standard InChI is InChI=1S/C13H9FN4/c14-9-2-1-3-10(6-9)18-13-11-4-5-15-7-12(11)16-8-17-13/h1-8H,(H,16,17,18). The molecule has 18 heavy (non-hydrogen) atoms. The summed E-state index contributed by atoms with van der Waals surface area (Å²) >= 11 is 0. The first-order chi connectivity index (χ1) is 8.83. The van der Waals surface area contributed by atoms with E-state index in [4.69, 9.17) is 0 Å². The van der Waals surface area contributed by atoms with Gasteiger partial charge in [0.2, 0.25) is 0 Å². The van der Waals surface area contributed by atoms with Gasteiger partial charge in [-0.15, -0.1) is 0 Å². The van der Waals surface area contributed by atoms with E-state index in [2.05, 4.69) is 20.3 Å². The lowest BCUT2D eigenvalue weighted by Gasteiger charge is -2.07. The molecule has 2 aromatic heterocycles. The van der Waals surface area contributed by atoms with Gasteiger partial charge in [0.1, 0.15) is 18.0 Å². The zero-order chi connectivity index (χ0) is 12.4. The van der Waals surface area contributed by atoms with E-state index in [-0.39, 0.29) is 5.82 Å². The molecule has 1 N–H and O–H groups in total. The van der Waals surface area contributed by atoms with Crippen molar-refractivity contribution in [2.75, 3.05) is 5.32 Å². The average molecular weight is 240 g/mol. The third-order valence-corrected chi connectivity index (χ3v) is 2.53. The Kier molecular flexibility index (Phi) is 2.57. The van der Waals surface area contributed by atoms with Crippen LogP contribution in [0.25, 0.3) is 10.9 Å². The van der Waals surface area contributed by atoms with Crippen molar-refractivity contribution in [1.29, 1.82) is 0 Å². The number of nitrogens with zero attached hydrogens (tertiary/aromatic N) is 3. The maximum atomic E-state index is 13.1. The summed E-state index contributed by atoms with van der Waals surface area (Å²) in [5.74, 6) is 0.341. The summed E-state index contributed by atoms with van der Waals surface area (Å²) in [6.07, 6.45) is 4.78. The van der Waals surface area contributed by atoms with Gasteiger partial charge in [-0.1, -0.05) is 6.07 Å². The lowest BCUT2D eigenvalue weighted by molar-refractivity contribution is 0.628. The Balaban J connectivity index is 2.05. The number of rotatable bonds is 2. The van der Waals surface area contributed by atoms with Crippen molar-refractivity contribution < 1.29 is 4.39 Å². The minimum atomic E-state index is -0.292. The molecule has 0 aliphatic carbocycles. The fraction of sp³-hybridized carbons (Fsp3) is 0. The molecule has 0 atom stereocenters. The van der Waals surface area contributed by atoms with Gasteiger partial charge in [-0.05, 0) is 24.3 Å². The molecule has 3 rings (SSSR count). The molecule has 0 spiro atoms. The number of anilines is 2. The second-order valence-corrected chi connectivity index (χ2v) is 3.75. The van der Waals surface area contributed by atoms with Crippen LogP contribution < -0.4 is 5.32 Å². The summed E-state index contributed by atoms with van der Waals surface area (Å²) in [6, 6.07) is 8.04. The minimum Gasteiger partial charge on any atom is -0.340 e. The number of nitrogens with one attached hydrogen (secondary N) is 1. The van der Waals surface area contributed by atoms with E-state index in [0.717, 1.165) is 10.9 Å². The molecule has 88 valence electrons. The number of hydrogen-bond acceptors (Lipinski definition) is 4. The molecule has 0 radical (unpaired) electrons. The highest BCUT2D eigenvalue weighted by Gasteiger charge is 2.03. The van der Waals surface area contributed by atoms with Gasteiger partial charge in [0, 0.05) is 17.3 Å². The first kappa shape index (κ1) is 10.6. The minimum absolute atomic E-state index is 0.292. The van der Waals surface area contributed by atoms with Crippen LogP contribution >= 0.6 is 0 Å². The summed E-state index contributed by atoms with van der Waals surface area (Å²) in [5.41, 5.74) is 1.39. The van der Waals surface area contributed by atoms with Crippen LogP contribution in [0.1, 0.15) is 0 Å². The van der Waals surface area contributed by atoms with Gasteiger partial charge in [0.05, 0.1) is 11.7 Å². The summed E-state index contributed by atoms with van der Waals surface area (Å²) < 4.78 is 13.1. The highest BCUT2D eigenvalue weighted by Crippen LogP contribution is 2.22. The van der Waals surface area contributed by atoms with Crippen LogP contribution in [0.15, 0.2) is 49.1 Å². The van der Waals surface area contributed by atoms with Crippen molar-refractivity contribution >= 4 is 22.4 Å². The second-order valence-electron chi connectivity index (χ2n) is 3.75. The molecule has 0 bridgehead atoms. The Labute approximate surface area is 103 Å². The Morgan fingerprint density at radius 3 is 2.94 bits per heavy atom. The van der Waals surface area contributed by atoms with Gasteiger partial charge in [-0.25, -0.2) is 14.4 Å². The molecule has 1 aromatic carbocycles. The maximum absolute atomic E-state index is 13.1. The first-order valence-corrected chi connectivity index (χ1v) is 5.40. The Bertz CT molecular complexity index is 694. The number of hydrogen-bond donors (Lipinski definition) is 1. The monoisotopic (exact) mass is 240 g/mol. The van der Waals surface area contributed by atoms with Crippen molar-refractivity contribution in [3.05, 3.63) is 54.9 Å². The third-order valence-electron chi connectivity index (χ3n) is 2.53. The average Bonchev–Trinajstić information content (AvgIpc) is 2.39. The summed E-state index contributed by atoms with van der Waals surface area (Å²) in [7, 11) is 0. The fourth-order valence-electron chi connectivity index (χ4n) is 1.71. The van der Waals surface area contributed by atoms with Crippen LogP contribution in [0.3, 0.4) is 0 Å². The van der Waals surface area contributed by atoms with Crippen molar-refractivity contribution in [3.8, 4) is 0 Å². The molecule has 4 nitrogen and oxygen atoms in total. The van der Waals surface area contributed by atoms with Crippen LogP contribution in [0, 0.1) is 5.82 Å². The van der Waals surface area contributed by atoms with Crippen molar-refractivity contribution in [3.63, 3.8) is 0 Å². The number of pyridine rings is 1. The zero-order valence-corrected chi connectivity index (χ0v) is 9.34. The van der Waals surface area contributed by atoms with Crippen molar-refractivity contribution in [1.82, 2.24) is 15.0 Å². The van der Waals surface area contributed by atoms with Gasteiger partial charge in [-0.3, -0.25) is 4.98 Å². The van der Waals surface area contributed by atoms with Crippen LogP contribution in [0.4, 0.5) is 15.9 Å². The van der Waals surface area contributed by atoms with E-state index in [1.54, 1.807) is 24.5 Å². The summed E-state index contributed by atoms with van der Waals surface area (Å²) in [4.78, 5) is 12.3. The van der Waals surface area contributed by atoms with Gasteiger partial charge in [-0.2, -0.15) is 0 Å². The Morgan fingerprint density at radius 1 is 1.11 bits per heavy atom. The van der Waals surface area contributed by atoms with E-state index >= 15 is 0 Å². The van der Waals surface area contributed by atoms with Crippen LogP contribution in [-0.4, -0.2) is 15.0 Å². The molecule has 0 unspecified atom stereocenters. The number of aromatic nitrogens is 3. The molecule has 0 saturated heterocycles. The molecule has 0 saturated carbocycles. The smallest absolute Gasteiger partial charge is 0.141 e. The molecular formula is C13H9FN4. The Hall–Kier alpha value is -2.56. The maximum Gasteiger partial charge on any atom is 0.141 e. The normalized spacial score (nSPS) is 10.5. The van der Waals surface area contributed by atoms with E-state index in [0.29, 0.717) is 11.5 Å². The van der Waals surface area contributed by atoms with E-state index in [1.165, 1.54) is 18.5 Å². The van der Waals surface area contributed by atoms with E-state index in [1.807, 2.05) is 6.07 Å². The molecule has 0 amide bonds. The predicted molar refractivity (Wildman–Crippen MR) is 67.0 cm³/mol. The van der Waals surface area contributed by atoms with Crippen molar-refractivity contribution in [2.24, 2.45) is 0 Å². The topological polar surface area (TPSA) is 50.7 Å². The molecule has 0 fully saturated rings. The van der Waals surface area contributed by atoms with Crippen molar-refractivity contribution in [2.45, 2.75) is 0 Å². The highest BCUT2D eigenvalue weighted by molar-refractivity contribution is 5.89. The zero-order valence-electron chi connectivity index (χ0n) is 9.34. The molecular weight excluding hydrogens is 231 g/mol. The van der Waals surface area contributed by atoms with Gasteiger partial charge >= 0.3 is 0 Å². The fourth-order valence-corrected chi connectivity index (χ4v) is 1.71. The molecule has 5 heteroatoms. The third kappa shape index (κ3) is 1.98. The lowest BCUT2D eigenvalue weighted by Crippen LogP contribution is -1.96.